The lowest BCUT2D eigenvalue weighted by Gasteiger charge is -2.26. The molecule has 6 nitrogen and oxygen atoms in total. The average Bonchev–Trinajstić information content (AvgIpc) is 2.74. The number of rotatable bonds is 6. The molecule has 7 heteroatoms. The van der Waals surface area contributed by atoms with Crippen molar-refractivity contribution >= 4 is 27.3 Å². The van der Waals surface area contributed by atoms with Crippen LogP contribution in [0.4, 0.5) is 5.69 Å². The van der Waals surface area contributed by atoms with Crippen molar-refractivity contribution in [2.45, 2.75) is 57.8 Å². The summed E-state index contributed by atoms with van der Waals surface area (Å²) in [5.74, 6) is -0.454. The Bertz CT molecular complexity index is 1040. The van der Waals surface area contributed by atoms with Crippen molar-refractivity contribution in [1.82, 2.24) is 5.43 Å². The van der Waals surface area contributed by atoms with Gasteiger partial charge in [-0.3, -0.25) is 9.10 Å². The minimum absolute atomic E-state index is 0.153. The first-order chi connectivity index (χ1) is 14.3. The maximum Gasteiger partial charge on any atom is 0.264 e. The summed E-state index contributed by atoms with van der Waals surface area (Å²) in [7, 11) is -3.92. The number of hydrazone groups is 1. The summed E-state index contributed by atoms with van der Waals surface area (Å²) >= 11 is 0. The van der Waals surface area contributed by atoms with Crippen LogP contribution >= 0.6 is 0 Å². The van der Waals surface area contributed by atoms with Crippen molar-refractivity contribution < 1.29 is 13.2 Å². The summed E-state index contributed by atoms with van der Waals surface area (Å²) in [6.45, 7) is 5.35. The van der Waals surface area contributed by atoms with Gasteiger partial charge >= 0.3 is 0 Å². The van der Waals surface area contributed by atoms with Crippen molar-refractivity contribution in [2.24, 2.45) is 5.10 Å². The molecule has 1 amide bonds. The van der Waals surface area contributed by atoms with Crippen LogP contribution in [0.1, 0.15) is 48.8 Å². The van der Waals surface area contributed by atoms with Crippen molar-refractivity contribution in [3.8, 4) is 0 Å². The Morgan fingerprint density at radius 1 is 1.00 bits per heavy atom. The molecule has 0 aromatic heterocycles. The SMILES string of the molecule is Cc1ccc(S(=O)(=O)N(CC(=O)NN=C2CCCCC2)c2cccc(C)c2C)cc1. The van der Waals surface area contributed by atoms with E-state index in [1.165, 1.54) is 10.7 Å². The Kier molecular flexibility index (Phi) is 6.92. The van der Waals surface area contributed by atoms with E-state index in [-0.39, 0.29) is 11.4 Å². The molecular weight excluding hydrogens is 398 g/mol. The van der Waals surface area contributed by atoms with Crippen LogP contribution in [0.25, 0.3) is 0 Å². The average molecular weight is 428 g/mol. The molecule has 0 saturated heterocycles. The standard InChI is InChI=1S/C23H29N3O3S/c1-17-12-14-21(15-13-17)30(28,29)26(22-11-7-8-18(2)19(22)3)16-23(27)25-24-20-9-5-4-6-10-20/h7-8,11-15H,4-6,9-10,16H2,1-3H3,(H,25,27). The van der Waals surface area contributed by atoms with Gasteiger partial charge in [0.15, 0.2) is 0 Å². The molecule has 0 bridgehead atoms. The predicted octanol–water partition coefficient (Wildman–Crippen LogP) is 4.24. The Morgan fingerprint density at radius 2 is 1.67 bits per heavy atom. The van der Waals surface area contributed by atoms with E-state index in [9.17, 15) is 13.2 Å². The van der Waals surface area contributed by atoms with Gasteiger partial charge in [-0.15, -0.1) is 0 Å². The smallest absolute Gasteiger partial charge is 0.264 e. The van der Waals surface area contributed by atoms with Crippen LogP contribution in [0, 0.1) is 20.8 Å². The molecular formula is C23H29N3O3S. The van der Waals surface area contributed by atoms with Gasteiger partial charge in [-0.25, -0.2) is 13.8 Å². The van der Waals surface area contributed by atoms with E-state index < -0.39 is 15.9 Å². The second-order valence-electron chi connectivity index (χ2n) is 7.82. The van der Waals surface area contributed by atoms with Crippen molar-refractivity contribution in [3.05, 3.63) is 59.2 Å². The third-order valence-corrected chi connectivity index (χ3v) is 7.28. The molecule has 3 rings (SSSR count). The fraction of sp³-hybridized carbons (Fsp3) is 0.391. The topological polar surface area (TPSA) is 78.8 Å². The normalized spacial score (nSPS) is 14.3. The number of nitrogens with zero attached hydrogens (tertiary/aromatic N) is 2. The van der Waals surface area contributed by atoms with Crippen molar-refractivity contribution in [1.29, 1.82) is 0 Å². The molecule has 0 heterocycles. The number of hydrogen-bond acceptors (Lipinski definition) is 4. The number of anilines is 1. The van der Waals surface area contributed by atoms with Crippen LogP contribution < -0.4 is 9.73 Å². The number of amides is 1. The lowest BCUT2D eigenvalue weighted by Crippen LogP contribution is -2.40. The molecule has 1 saturated carbocycles. The van der Waals surface area contributed by atoms with Gasteiger partial charge in [-0.05, 0) is 75.8 Å². The first-order valence-electron chi connectivity index (χ1n) is 10.3. The summed E-state index contributed by atoms with van der Waals surface area (Å²) in [5.41, 5.74) is 6.77. The van der Waals surface area contributed by atoms with E-state index in [1.54, 1.807) is 36.4 Å². The number of carbonyl (C=O) groups excluding carboxylic acids is 1. The summed E-state index contributed by atoms with van der Waals surface area (Å²) in [5, 5.41) is 4.23. The number of carbonyl (C=O) groups is 1. The van der Waals surface area contributed by atoms with Gasteiger partial charge in [-0.2, -0.15) is 5.10 Å². The fourth-order valence-electron chi connectivity index (χ4n) is 3.52. The molecule has 1 aliphatic carbocycles. The quantitative estimate of drug-likeness (QED) is 0.700. The third-order valence-electron chi connectivity index (χ3n) is 5.51. The second-order valence-corrected chi connectivity index (χ2v) is 9.68. The molecule has 0 aliphatic heterocycles. The molecule has 2 aromatic carbocycles. The van der Waals surface area contributed by atoms with Crippen molar-refractivity contribution in [3.63, 3.8) is 0 Å². The van der Waals surface area contributed by atoms with E-state index >= 15 is 0 Å². The Morgan fingerprint density at radius 3 is 2.33 bits per heavy atom. The van der Waals surface area contributed by atoms with Crippen LogP contribution in [0.5, 0.6) is 0 Å². The first-order valence-corrected chi connectivity index (χ1v) is 11.7. The number of sulfonamides is 1. The van der Waals surface area contributed by atoms with Crippen LogP contribution in [-0.2, 0) is 14.8 Å². The van der Waals surface area contributed by atoms with E-state index in [0.29, 0.717) is 5.69 Å². The minimum atomic E-state index is -3.92. The zero-order chi connectivity index (χ0) is 21.7. The lowest BCUT2D eigenvalue weighted by atomic mass is 9.99. The number of nitrogens with one attached hydrogen (secondary N) is 1. The minimum Gasteiger partial charge on any atom is -0.271 e. The summed E-state index contributed by atoms with van der Waals surface area (Å²) in [4.78, 5) is 12.8. The molecule has 0 radical (unpaired) electrons. The highest BCUT2D eigenvalue weighted by Crippen LogP contribution is 2.28. The zero-order valence-electron chi connectivity index (χ0n) is 17.8. The molecule has 160 valence electrons. The van der Waals surface area contributed by atoms with Gasteiger partial charge in [0.2, 0.25) is 0 Å². The monoisotopic (exact) mass is 427 g/mol. The highest BCUT2D eigenvalue weighted by Gasteiger charge is 2.28. The van der Waals surface area contributed by atoms with E-state index in [2.05, 4.69) is 10.5 Å². The number of benzene rings is 2. The van der Waals surface area contributed by atoms with Gasteiger partial charge in [0.25, 0.3) is 15.9 Å². The molecule has 0 atom stereocenters. The first kappa shape index (κ1) is 22.0. The van der Waals surface area contributed by atoms with Gasteiger partial charge in [0.1, 0.15) is 6.54 Å². The lowest BCUT2D eigenvalue weighted by molar-refractivity contribution is -0.119. The molecule has 0 unspecified atom stereocenters. The van der Waals surface area contributed by atoms with Crippen LogP contribution in [0.3, 0.4) is 0 Å². The second kappa shape index (κ2) is 9.43. The molecule has 30 heavy (non-hydrogen) atoms. The van der Waals surface area contributed by atoms with Crippen LogP contribution in [-0.4, -0.2) is 26.6 Å². The van der Waals surface area contributed by atoms with E-state index in [4.69, 9.17) is 0 Å². The van der Waals surface area contributed by atoms with Gasteiger partial charge in [-0.1, -0.05) is 36.2 Å². The summed E-state index contributed by atoms with van der Waals surface area (Å²) in [6.07, 6.45) is 5.09. The van der Waals surface area contributed by atoms with E-state index in [1.807, 2.05) is 26.8 Å². The molecule has 1 aliphatic rings. The molecule has 1 N–H and O–H groups in total. The highest BCUT2D eigenvalue weighted by atomic mass is 32.2. The van der Waals surface area contributed by atoms with Gasteiger partial charge < -0.3 is 0 Å². The van der Waals surface area contributed by atoms with Crippen LogP contribution in [0.15, 0.2) is 52.5 Å². The van der Waals surface area contributed by atoms with Gasteiger partial charge in [0, 0.05) is 5.71 Å². The largest absolute Gasteiger partial charge is 0.271 e. The molecule has 0 spiro atoms. The van der Waals surface area contributed by atoms with Gasteiger partial charge in [0.05, 0.1) is 10.6 Å². The number of hydrogen-bond donors (Lipinski definition) is 1. The summed E-state index contributed by atoms with van der Waals surface area (Å²) < 4.78 is 28.1. The van der Waals surface area contributed by atoms with Crippen molar-refractivity contribution in [2.75, 3.05) is 10.8 Å². The Hall–Kier alpha value is -2.67. The maximum absolute atomic E-state index is 13.5. The Labute approximate surface area is 179 Å². The zero-order valence-corrected chi connectivity index (χ0v) is 18.6. The molecule has 2 aromatic rings. The molecule has 1 fully saturated rings. The van der Waals surface area contributed by atoms with Crippen LogP contribution in [0.2, 0.25) is 0 Å². The van der Waals surface area contributed by atoms with E-state index in [0.717, 1.165) is 48.1 Å². The predicted molar refractivity (Wildman–Crippen MR) is 120 cm³/mol. The Balaban J connectivity index is 1.92. The highest BCUT2D eigenvalue weighted by molar-refractivity contribution is 7.92. The fourth-order valence-corrected chi connectivity index (χ4v) is 5.00. The number of aryl methyl sites for hydroxylation is 2. The summed E-state index contributed by atoms with van der Waals surface area (Å²) in [6, 6.07) is 12.1. The third kappa shape index (κ3) is 5.08. The maximum atomic E-state index is 13.5.